The van der Waals surface area contributed by atoms with Crippen molar-refractivity contribution in [3.63, 3.8) is 0 Å². The van der Waals surface area contributed by atoms with E-state index in [4.69, 9.17) is 0 Å². The number of amidine groups is 1. The van der Waals surface area contributed by atoms with Gasteiger partial charge >= 0.3 is 0 Å². The molecular weight excluding hydrogens is 486 g/mol. The van der Waals surface area contributed by atoms with Gasteiger partial charge in [-0.25, -0.2) is 0 Å². The Morgan fingerprint density at radius 3 is 2.26 bits per heavy atom. The summed E-state index contributed by atoms with van der Waals surface area (Å²) >= 11 is 0. The molecule has 0 saturated carbocycles. The molecule has 1 heterocycles. The molecule has 8 nitrogen and oxygen atoms in total. The minimum atomic E-state index is -4.48. The van der Waals surface area contributed by atoms with E-state index >= 15 is 0 Å². The van der Waals surface area contributed by atoms with Crippen molar-refractivity contribution in [2.24, 2.45) is 4.40 Å². The molecule has 0 radical (unpaired) electrons. The smallest absolute Gasteiger partial charge is 0.266 e. The first-order valence-electron chi connectivity index (χ1n) is 10.5. The van der Waals surface area contributed by atoms with Crippen LogP contribution in [-0.2, 0) is 20.0 Å². The van der Waals surface area contributed by atoms with Crippen molar-refractivity contribution in [1.82, 2.24) is 9.84 Å². The van der Waals surface area contributed by atoms with Crippen LogP contribution in [0.15, 0.2) is 105 Å². The quantitative estimate of drug-likeness (QED) is 0.426. The first-order valence-corrected chi connectivity index (χ1v) is 13.4. The van der Waals surface area contributed by atoms with Gasteiger partial charge in [-0.1, -0.05) is 60.2 Å². The molecule has 5 rings (SSSR count). The number of amides is 1. The molecule has 35 heavy (non-hydrogen) atoms. The van der Waals surface area contributed by atoms with E-state index in [1.54, 1.807) is 36.4 Å². The van der Waals surface area contributed by atoms with E-state index in [0.717, 1.165) is 10.9 Å². The molecule has 10 heteroatoms. The SMILES string of the molecule is Cc1ccc(C(=O)N(NC2=NS(=O)(=O)c3ccccc32)S(=O)(=O)c2ccc3ccccc3c2)cc1. The maximum absolute atomic E-state index is 13.8. The minimum absolute atomic E-state index is 0.0756. The van der Waals surface area contributed by atoms with Crippen molar-refractivity contribution in [3.05, 3.63) is 108 Å². The highest BCUT2D eigenvalue weighted by molar-refractivity contribution is 7.91. The average Bonchev–Trinajstić information content (AvgIpc) is 3.12. The Labute approximate surface area is 202 Å². The van der Waals surface area contributed by atoms with E-state index in [1.807, 2.05) is 19.1 Å². The zero-order valence-electron chi connectivity index (χ0n) is 18.4. The Hall–Kier alpha value is -4.02. The molecule has 176 valence electrons. The third-order valence-electron chi connectivity index (χ3n) is 5.58. The second-order valence-corrected chi connectivity index (χ2v) is 11.3. The number of carbonyl (C=O) groups is 1. The van der Waals surface area contributed by atoms with Gasteiger partial charge in [0.15, 0.2) is 5.84 Å². The van der Waals surface area contributed by atoms with Crippen molar-refractivity contribution in [3.8, 4) is 0 Å². The van der Waals surface area contributed by atoms with Crippen LogP contribution in [0.4, 0.5) is 0 Å². The van der Waals surface area contributed by atoms with Crippen LogP contribution in [0.5, 0.6) is 0 Å². The van der Waals surface area contributed by atoms with Crippen LogP contribution in [-0.4, -0.2) is 33.0 Å². The number of carbonyl (C=O) groups excluding carboxylic acids is 1. The maximum Gasteiger partial charge on any atom is 0.286 e. The van der Waals surface area contributed by atoms with Crippen LogP contribution in [0.1, 0.15) is 21.5 Å². The Morgan fingerprint density at radius 2 is 1.51 bits per heavy atom. The van der Waals surface area contributed by atoms with Gasteiger partial charge in [0, 0.05) is 11.1 Å². The first-order chi connectivity index (χ1) is 16.7. The first kappa shape index (κ1) is 22.8. The zero-order chi connectivity index (χ0) is 24.8. The Morgan fingerprint density at radius 1 is 0.857 bits per heavy atom. The molecule has 0 aliphatic carbocycles. The molecule has 1 N–H and O–H groups in total. The van der Waals surface area contributed by atoms with E-state index in [9.17, 15) is 21.6 Å². The van der Waals surface area contributed by atoms with Crippen LogP contribution < -0.4 is 5.43 Å². The normalized spacial score (nSPS) is 14.3. The summed E-state index contributed by atoms with van der Waals surface area (Å²) < 4.78 is 56.7. The van der Waals surface area contributed by atoms with Crippen molar-refractivity contribution in [2.75, 3.05) is 0 Å². The Balaban J connectivity index is 1.64. The van der Waals surface area contributed by atoms with Crippen LogP contribution in [0.2, 0.25) is 0 Å². The number of aryl methyl sites for hydroxylation is 1. The number of benzene rings is 4. The second kappa shape index (κ2) is 8.33. The summed E-state index contributed by atoms with van der Waals surface area (Å²) in [5.41, 5.74) is 3.65. The number of hydrogen-bond donors (Lipinski definition) is 1. The molecule has 0 atom stereocenters. The lowest BCUT2D eigenvalue weighted by Crippen LogP contribution is -2.49. The van der Waals surface area contributed by atoms with E-state index in [-0.39, 0.29) is 26.8 Å². The minimum Gasteiger partial charge on any atom is -0.266 e. The van der Waals surface area contributed by atoms with Gasteiger partial charge in [-0.05, 0) is 54.1 Å². The largest absolute Gasteiger partial charge is 0.286 e. The molecule has 0 fully saturated rings. The van der Waals surface area contributed by atoms with Crippen molar-refractivity contribution >= 4 is 42.6 Å². The summed E-state index contributed by atoms with van der Waals surface area (Å²) in [5.74, 6) is -1.15. The summed E-state index contributed by atoms with van der Waals surface area (Å²) in [6.45, 7) is 1.84. The molecule has 0 aromatic heterocycles. The highest BCUT2D eigenvalue weighted by Gasteiger charge is 2.36. The number of nitrogens with zero attached hydrogens (tertiary/aromatic N) is 2. The Kier molecular flexibility index (Phi) is 5.42. The second-order valence-electron chi connectivity index (χ2n) is 7.97. The Bertz CT molecular complexity index is 1730. The molecular formula is C25H19N3O5S2. The monoisotopic (exact) mass is 505 g/mol. The van der Waals surface area contributed by atoms with Gasteiger partial charge in [-0.15, -0.1) is 8.81 Å². The number of rotatable bonds is 3. The van der Waals surface area contributed by atoms with Gasteiger partial charge in [-0.2, -0.15) is 16.8 Å². The predicted molar refractivity (Wildman–Crippen MR) is 132 cm³/mol. The highest BCUT2D eigenvalue weighted by atomic mass is 32.2. The number of hydrazine groups is 1. The average molecular weight is 506 g/mol. The van der Waals surface area contributed by atoms with Gasteiger partial charge in [0.05, 0.1) is 4.90 Å². The summed E-state index contributed by atoms with van der Waals surface area (Å²) in [7, 11) is -8.52. The van der Waals surface area contributed by atoms with E-state index in [1.165, 1.54) is 42.5 Å². The third kappa shape index (κ3) is 4.07. The zero-order valence-corrected chi connectivity index (χ0v) is 20.0. The fourth-order valence-electron chi connectivity index (χ4n) is 3.75. The number of sulfonamides is 2. The van der Waals surface area contributed by atoms with E-state index < -0.39 is 26.0 Å². The molecule has 1 aliphatic rings. The van der Waals surface area contributed by atoms with Crippen LogP contribution >= 0.6 is 0 Å². The predicted octanol–water partition coefficient (Wildman–Crippen LogP) is 3.63. The summed E-state index contributed by atoms with van der Waals surface area (Å²) in [4.78, 5) is 13.3. The van der Waals surface area contributed by atoms with Crippen molar-refractivity contribution in [1.29, 1.82) is 0 Å². The number of hydrogen-bond acceptors (Lipinski definition) is 6. The number of fused-ring (bicyclic) bond motifs is 2. The van der Waals surface area contributed by atoms with E-state index in [0.29, 0.717) is 9.80 Å². The molecule has 1 amide bonds. The fourth-order valence-corrected chi connectivity index (χ4v) is 6.18. The lowest BCUT2D eigenvalue weighted by atomic mass is 10.1. The van der Waals surface area contributed by atoms with Gasteiger partial charge in [0.2, 0.25) is 0 Å². The van der Waals surface area contributed by atoms with Crippen LogP contribution in [0.3, 0.4) is 0 Å². The maximum atomic E-state index is 13.8. The molecule has 1 aliphatic heterocycles. The number of nitrogens with one attached hydrogen (secondary N) is 1. The van der Waals surface area contributed by atoms with Gasteiger partial charge < -0.3 is 0 Å². The molecule has 0 saturated heterocycles. The fraction of sp³-hybridized carbons (Fsp3) is 0.0400. The summed E-state index contributed by atoms with van der Waals surface area (Å²) in [6, 6.07) is 24.1. The van der Waals surface area contributed by atoms with Crippen LogP contribution in [0.25, 0.3) is 10.8 Å². The molecule has 0 bridgehead atoms. The third-order valence-corrected chi connectivity index (χ3v) is 8.50. The molecule has 0 unspecified atom stereocenters. The summed E-state index contributed by atoms with van der Waals surface area (Å²) in [6.07, 6.45) is 0. The van der Waals surface area contributed by atoms with E-state index in [2.05, 4.69) is 9.82 Å². The van der Waals surface area contributed by atoms with Crippen LogP contribution in [0, 0.1) is 6.92 Å². The topological polar surface area (TPSA) is 113 Å². The van der Waals surface area contributed by atoms with Gasteiger partial charge in [-0.3, -0.25) is 10.2 Å². The van der Waals surface area contributed by atoms with Crippen molar-refractivity contribution < 1.29 is 21.6 Å². The van der Waals surface area contributed by atoms with Gasteiger partial charge in [0.25, 0.3) is 26.0 Å². The lowest BCUT2D eigenvalue weighted by Gasteiger charge is -2.24. The summed E-state index contributed by atoms with van der Waals surface area (Å²) in [5, 5.41) is 1.50. The van der Waals surface area contributed by atoms with Gasteiger partial charge in [0.1, 0.15) is 4.90 Å². The lowest BCUT2D eigenvalue weighted by molar-refractivity contribution is 0.0838. The highest BCUT2D eigenvalue weighted by Crippen LogP contribution is 2.27. The standard InChI is InChI=1S/C25H19N3O5S2/c1-17-10-12-19(13-11-17)25(29)28(26-24-22-8-4-5-9-23(22)34(30,31)27-24)35(32,33)21-15-14-18-6-2-3-7-20(18)16-21/h2-16H,1H3,(H,26,27). The molecule has 4 aromatic rings. The molecule has 0 spiro atoms. The van der Waals surface area contributed by atoms with Crippen molar-refractivity contribution in [2.45, 2.75) is 16.7 Å². The molecule has 4 aromatic carbocycles.